The van der Waals surface area contributed by atoms with E-state index in [0.29, 0.717) is 11.6 Å². The lowest BCUT2D eigenvalue weighted by molar-refractivity contribution is -0.380. The van der Waals surface area contributed by atoms with Gasteiger partial charge in [0.15, 0.2) is 15.0 Å². The Balaban J connectivity index is 2.02. The van der Waals surface area contributed by atoms with Gasteiger partial charge in [-0.3, -0.25) is 10.1 Å². The van der Waals surface area contributed by atoms with Crippen molar-refractivity contribution in [3.05, 3.63) is 16.3 Å². The third-order valence-corrected chi connectivity index (χ3v) is 4.88. The third-order valence-electron chi connectivity index (χ3n) is 2.23. The van der Waals surface area contributed by atoms with E-state index in [1.54, 1.807) is 0 Å². The lowest BCUT2D eigenvalue weighted by Crippen LogP contribution is -2.20. The number of thiazole rings is 1. The molecular weight excluding hydrogens is 254 g/mol. The highest BCUT2D eigenvalue weighted by atomic mass is 32.2. The van der Waals surface area contributed by atoms with Gasteiger partial charge in [0.2, 0.25) is 0 Å². The van der Waals surface area contributed by atoms with Crippen molar-refractivity contribution in [3.63, 3.8) is 0 Å². The molecule has 0 spiro atoms. The molecule has 1 aliphatic heterocycles. The Morgan fingerprint density at radius 3 is 2.88 bits per heavy atom. The minimum Gasteiger partial charge on any atom is -0.358 e. The van der Waals surface area contributed by atoms with E-state index in [9.17, 15) is 18.5 Å². The van der Waals surface area contributed by atoms with Crippen molar-refractivity contribution < 1.29 is 13.3 Å². The van der Waals surface area contributed by atoms with Crippen molar-refractivity contribution in [1.82, 2.24) is 4.98 Å². The molecule has 1 saturated heterocycles. The van der Waals surface area contributed by atoms with E-state index >= 15 is 0 Å². The maximum atomic E-state index is 11.2. The SMILES string of the molecule is O=[N+]([O-])c1cnc(NC2CCS(=O)(=O)C2)s1. The monoisotopic (exact) mass is 263 g/mol. The molecule has 9 heteroatoms. The summed E-state index contributed by atoms with van der Waals surface area (Å²) in [6.07, 6.45) is 1.69. The van der Waals surface area contributed by atoms with Crippen molar-refractivity contribution in [1.29, 1.82) is 0 Å². The second-order valence-corrected chi connectivity index (χ2v) is 6.74. The first-order valence-corrected chi connectivity index (χ1v) is 7.17. The van der Waals surface area contributed by atoms with Crippen molar-refractivity contribution in [2.24, 2.45) is 0 Å². The molecule has 0 amide bonds. The summed E-state index contributed by atoms with van der Waals surface area (Å²) in [6, 6.07) is -0.184. The molecule has 1 fully saturated rings. The lowest BCUT2D eigenvalue weighted by Gasteiger charge is -2.07. The molecule has 1 atom stereocenters. The number of nitrogens with one attached hydrogen (secondary N) is 1. The zero-order valence-electron chi connectivity index (χ0n) is 8.12. The van der Waals surface area contributed by atoms with E-state index in [2.05, 4.69) is 10.3 Å². The number of hydrogen-bond donors (Lipinski definition) is 1. The van der Waals surface area contributed by atoms with Gasteiger partial charge in [-0.1, -0.05) is 0 Å². The second kappa shape index (κ2) is 3.98. The third kappa shape index (κ3) is 2.47. The molecule has 2 rings (SSSR count). The number of sulfone groups is 1. The Labute approximate surface area is 95.6 Å². The number of nitro groups is 1. The highest BCUT2D eigenvalue weighted by Gasteiger charge is 2.28. The van der Waals surface area contributed by atoms with Crippen LogP contribution in [0.1, 0.15) is 6.42 Å². The molecule has 2 heterocycles. The largest absolute Gasteiger partial charge is 0.358 e. The molecular formula is C7H9N3O4S2. The summed E-state index contributed by atoms with van der Waals surface area (Å²) in [5.74, 6) is 0.235. The molecule has 1 aromatic heterocycles. The van der Waals surface area contributed by atoms with Crippen molar-refractivity contribution in [2.75, 3.05) is 16.8 Å². The summed E-state index contributed by atoms with van der Waals surface area (Å²) in [4.78, 5) is 13.7. The summed E-state index contributed by atoms with van der Waals surface area (Å²) >= 11 is 0.912. The van der Waals surface area contributed by atoms with Gasteiger partial charge in [-0.2, -0.15) is 0 Å². The first-order valence-electron chi connectivity index (χ1n) is 4.53. The van der Waals surface area contributed by atoms with Gasteiger partial charge in [-0.15, -0.1) is 0 Å². The van der Waals surface area contributed by atoms with Crippen LogP contribution in [0.5, 0.6) is 0 Å². The first-order chi connectivity index (χ1) is 7.46. The molecule has 1 N–H and O–H groups in total. The van der Waals surface area contributed by atoms with E-state index in [4.69, 9.17) is 0 Å². The second-order valence-electron chi connectivity index (χ2n) is 3.51. The maximum absolute atomic E-state index is 11.2. The summed E-state index contributed by atoms with van der Waals surface area (Å²) in [5.41, 5.74) is 0. The van der Waals surface area contributed by atoms with Gasteiger partial charge in [0.1, 0.15) is 6.20 Å². The Kier molecular flexibility index (Phi) is 2.80. The minimum atomic E-state index is -2.94. The molecule has 0 bridgehead atoms. The van der Waals surface area contributed by atoms with Crippen LogP contribution in [0.25, 0.3) is 0 Å². The molecule has 16 heavy (non-hydrogen) atoms. The van der Waals surface area contributed by atoms with Crippen molar-refractivity contribution in [2.45, 2.75) is 12.5 Å². The van der Waals surface area contributed by atoms with Crippen LogP contribution >= 0.6 is 11.3 Å². The molecule has 88 valence electrons. The zero-order chi connectivity index (χ0) is 11.8. The van der Waals surface area contributed by atoms with Crippen LogP contribution in [0.3, 0.4) is 0 Å². The van der Waals surface area contributed by atoms with Gasteiger partial charge in [0.05, 0.1) is 16.4 Å². The lowest BCUT2D eigenvalue weighted by atomic mass is 10.3. The first kappa shape index (κ1) is 11.3. The molecule has 1 aromatic rings. The average Bonchev–Trinajstić information content (AvgIpc) is 2.73. The van der Waals surface area contributed by atoms with E-state index in [1.165, 1.54) is 0 Å². The molecule has 0 aliphatic carbocycles. The van der Waals surface area contributed by atoms with Crippen LogP contribution < -0.4 is 5.32 Å². The van der Waals surface area contributed by atoms with E-state index < -0.39 is 14.8 Å². The summed E-state index contributed by atoms with van der Waals surface area (Å²) in [5, 5.41) is 13.6. The highest BCUT2D eigenvalue weighted by molar-refractivity contribution is 7.91. The number of hydrogen-bond acceptors (Lipinski definition) is 7. The van der Waals surface area contributed by atoms with E-state index in [1.807, 2.05) is 0 Å². The van der Waals surface area contributed by atoms with Crippen LogP contribution in [-0.2, 0) is 9.84 Å². The zero-order valence-corrected chi connectivity index (χ0v) is 9.75. The van der Waals surface area contributed by atoms with Gasteiger partial charge in [0.25, 0.3) is 0 Å². The van der Waals surface area contributed by atoms with E-state index in [0.717, 1.165) is 17.5 Å². The predicted octanol–water partition coefficient (Wildman–Crippen LogP) is 0.650. The fourth-order valence-electron chi connectivity index (χ4n) is 1.50. The molecule has 7 nitrogen and oxygen atoms in total. The van der Waals surface area contributed by atoms with Crippen molar-refractivity contribution in [3.8, 4) is 0 Å². The Bertz CT molecular complexity index is 509. The predicted molar refractivity (Wildman–Crippen MR) is 59.4 cm³/mol. The van der Waals surface area contributed by atoms with Gasteiger partial charge < -0.3 is 5.32 Å². The summed E-state index contributed by atoms with van der Waals surface area (Å²) < 4.78 is 22.4. The maximum Gasteiger partial charge on any atom is 0.345 e. The Hall–Kier alpha value is -1.22. The van der Waals surface area contributed by atoms with Crippen molar-refractivity contribution >= 4 is 31.3 Å². The van der Waals surface area contributed by atoms with Gasteiger partial charge in [0, 0.05) is 6.04 Å². The van der Waals surface area contributed by atoms with Crippen LogP contribution in [0.15, 0.2) is 6.20 Å². The summed E-state index contributed by atoms with van der Waals surface area (Å²) in [7, 11) is -2.94. The van der Waals surface area contributed by atoms with E-state index in [-0.39, 0.29) is 22.5 Å². The van der Waals surface area contributed by atoms with Crippen LogP contribution in [0.2, 0.25) is 0 Å². The average molecular weight is 263 g/mol. The van der Waals surface area contributed by atoms with Gasteiger partial charge >= 0.3 is 5.00 Å². The molecule has 1 unspecified atom stereocenters. The number of anilines is 1. The number of aromatic nitrogens is 1. The van der Waals surface area contributed by atoms with Gasteiger partial charge in [-0.05, 0) is 17.8 Å². The fraction of sp³-hybridized carbons (Fsp3) is 0.571. The minimum absolute atomic E-state index is 0.0524. The highest BCUT2D eigenvalue weighted by Crippen LogP contribution is 2.27. The Morgan fingerprint density at radius 1 is 1.62 bits per heavy atom. The number of rotatable bonds is 3. The molecule has 0 aromatic carbocycles. The molecule has 1 aliphatic rings. The van der Waals surface area contributed by atoms with Crippen LogP contribution in [0, 0.1) is 10.1 Å². The number of nitrogens with zero attached hydrogens (tertiary/aromatic N) is 2. The quantitative estimate of drug-likeness (QED) is 0.634. The summed E-state index contributed by atoms with van der Waals surface area (Å²) in [6.45, 7) is 0. The van der Waals surface area contributed by atoms with Crippen LogP contribution in [0.4, 0.5) is 10.1 Å². The molecule has 0 saturated carbocycles. The van der Waals surface area contributed by atoms with Crippen LogP contribution in [-0.4, -0.2) is 35.9 Å². The smallest absolute Gasteiger partial charge is 0.345 e. The molecule has 0 radical (unpaired) electrons. The Morgan fingerprint density at radius 2 is 2.38 bits per heavy atom. The normalized spacial score (nSPS) is 23.1. The standard InChI is InChI=1S/C7H9N3O4S2/c11-10(12)6-3-8-7(15-6)9-5-1-2-16(13,14)4-5/h3,5H,1-2,4H2,(H,8,9). The fourth-order valence-corrected chi connectivity index (χ4v) is 3.88. The van der Waals surface area contributed by atoms with Gasteiger partial charge in [-0.25, -0.2) is 13.4 Å². The topological polar surface area (TPSA) is 102 Å².